The van der Waals surface area contributed by atoms with Gasteiger partial charge < -0.3 is 10.1 Å². The summed E-state index contributed by atoms with van der Waals surface area (Å²) in [6.07, 6.45) is 2.84. The molecule has 1 aliphatic heterocycles. The maximum atomic E-state index is 13.2. The number of ketones is 1. The second-order valence-electron chi connectivity index (χ2n) is 6.25. The fourth-order valence-electron chi connectivity index (χ4n) is 2.94. The summed E-state index contributed by atoms with van der Waals surface area (Å²) in [6, 6.07) is 5.89. The molecule has 2 aromatic rings. The van der Waals surface area contributed by atoms with Gasteiger partial charge >= 0.3 is 0 Å². The van der Waals surface area contributed by atoms with Crippen LogP contribution in [0, 0.1) is 5.82 Å². The monoisotopic (exact) mass is 392 g/mol. The predicted octanol–water partition coefficient (Wildman–Crippen LogP) is 2.36. The van der Waals surface area contributed by atoms with Crippen LogP contribution in [0.3, 0.4) is 0 Å². The van der Waals surface area contributed by atoms with E-state index in [0.717, 1.165) is 29.5 Å². The summed E-state index contributed by atoms with van der Waals surface area (Å²) in [7, 11) is 0. The van der Waals surface area contributed by atoms with Crippen molar-refractivity contribution in [3.63, 3.8) is 0 Å². The zero-order valence-corrected chi connectivity index (χ0v) is 15.1. The number of hydrogen-bond acceptors (Lipinski definition) is 4. The zero-order chi connectivity index (χ0) is 19.4. The van der Waals surface area contributed by atoms with Crippen molar-refractivity contribution < 1.29 is 18.7 Å². The van der Waals surface area contributed by atoms with Gasteiger partial charge in [0.15, 0.2) is 11.8 Å². The molecule has 0 bridgehead atoms. The van der Waals surface area contributed by atoms with Crippen LogP contribution in [0.25, 0.3) is 0 Å². The molecule has 0 radical (unpaired) electrons. The van der Waals surface area contributed by atoms with Crippen molar-refractivity contribution >= 4 is 23.3 Å². The van der Waals surface area contributed by atoms with Crippen LogP contribution in [0.1, 0.15) is 29.2 Å². The summed E-state index contributed by atoms with van der Waals surface area (Å²) in [6.45, 7) is 0.869. The molecule has 6 nitrogen and oxygen atoms in total. The van der Waals surface area contributed by atoms with Gasteiger partial charge in [0, 0.05) is 31.0 Å². The van der Waals surface area contributed by atoms with E-state index in [1.54, 1.807) is 0 Å². The molecule has 1 N–H and O–H groups in total. The number of halogens is 2. The minimum atomic E-state index is -1.46. The third-order valence-corrected chi connectivity index (χ3v) is 4.56. The van der Waals surface area contributed by atoms with Gasteiger partial charge in [0.25, 0.3) is 11.5 Å². The van der Waals surface area contributed by atoms with E-state index >= 15 is 0 Å². The predicted molar refractivity (Wildman–Crippen MR) is 97.5 cm³/mol. The summed E-state index contributed by atoms with van der Waals surface area (Å²) in [4.78, 5) is 38.0. The standard InChI is InChI=1S/C19H18ClFN2O4/c20-13-5-8-16(24)23(11-13)17(18(25)12-3-6-14(21)7-4-12)19(26)22-10-15-2-1-9-27-15/h3-8,11,15,17H,1-2,9-10H2,(H,22,26)/t15-,17+/m0/s1. The van der Waals surface area contributed by atoms with Gasteiger partial charge in [0.1, 0.15) is 5.82 Å². The van der Waals surface area contributed by atoms with Gasteiger partial charge in [0.05, 0.1) is 11.1 Å². The average molecular weight is 393 g/mol. The SMILES string of the molecule is O=C(NC[C@@H]1CCCO1)[C@@H](C(=O)c1ccc(F)cc1)n1cc(Cl)ccc1=O. The lowest BCUT2D eigenvalue weighted by Crippen LogP contribution is -2.43. The van der Waals surface area contributed by atoms with Crippen molar-refractivity contribution in [2.45, 2.75) is 25.0 Å². The second kappa shape index (κ2) is 8.45. The smallest absolute Gasteiger partial charge is 0.251 e. The molecule has 8 heteroatoms. The highest BCUT2D eigenvalue weighted by Gasteiger charge is 2.31. The molecule has 2 atom stereocenters. The largest absolute Gasteiger partial charge is 0.376 e. The number of carbonyl (C=O) groups excluding carboxylic acids is 2. The van der Waals surface area contributed by atoms with E-state index in [9.17, 15) is 18.8 Å². The highest BCUT2D eigenvalue weighted by molar-refractivity contribution is 6.30. The van der Waals surface area contributed by atoms with Crippen LogP contribution < -0.4 is 10.9 Å². The van der Waals surface area contributed by atoms with Gasteiger partial charge in [-0.2, -0.15) is 0 Å². The molecule has 0 saturated carbocycles. The minimum Gasteiger partial charge on any atom is -0.376 e. The molecule has 0 aliphatic carbocycles. The van der Waals surface area contributed by atoms with Crippen LogP contribution in [0.2, 0.25) is 5.02 Å². The van der Waals surface area contributed by atoms with E-state index in [0.29, 0.717) is 6.61 Å². The Hall–Kier alpha value is -2.51. The van der Waals surface area contributed by atoms with Crippen LogP contribution in [0.4, 0.5) is 4.39 Å². The van der Waals surface area contributed by atoms with Gasteiger partial charge in [-0.25, -0.2) is 4.39 Å². The van der Waals surface area contributed by atoms with Crippen molar-refractivity contribution in [2.75, 3.05) is 13.2 Å². The molecule has 1 fully saturated rings. The fourth-order valence-corrected chi connectivity index (χ4v) is 3.11. The molecule has 27 heavy (non-hydrogen) atoms. The molecule has 1 aromatic carbocycles. The van der Waals surface area contributed by atoms with E-state index in [4.69, 9.17) is 16.3 Å². The first kappa shape index (κ1) is 19.3. The Morgan fingerprint density at radius 3 is 2.67 bits per heavy atom. The van der Waals surface area contributed by atoms with Crippen LogP contribution in [0.5, 0.6) is 0 Å². The molecule has 1 amide bonds. The van der Waals surface area contributed by atoms with Crippen LogP contribution in [-0.4, -0.2) is 35.5 Å². The normalized spacial score (nSPS) is 17.5. The highest BCUT2D eigenvalue weighted by atomic mass is 35.5. The third kappa shape index (κ3) is 4.61. The number of hydrogen-bond donors (Lipinski definition) is 1. The molecular weight excluding hydrogens is 375 g/mol. The summed E-state index contributed by atoms with van der Waals surface area (Å²) in [5, 5.41) is 2.88. The summed E-state index contributed by atoms with van der Waals surface area (Å²) in [5.74, 6) is -1.79. The van der Waals surface area contributed by atoms with Gasteiger partial charge in [-0.05, 0) is 43.2 Å². The molecule has 1 aliphatic rings. The first-order chi connectivity index (χ1) is 13.0. The molecule has 3 rings (SSSR count). The minimum absolute atomic E-state index is 0.112. The summed E-state index contributed by atoms with van der Waals surface area (Å²) < 4.78 is 19.6. The van der Waals surface area contributed by atoms with Crippen molar-refractivity contribution in [3.05, 3.63) is 69.4 Å². The first-order valence-electron chi connectivity index (χ1n) is 8.52. The number of ether oxygens (including phenoxy) is 1. The first-order valence-corrected chi connectivity index (χ1v) is 8.90. The molecule has 0 unspecified atom stereocenters. The fraction of sp³-hybridized carbons (Fsp3) is 0.316. The Balaban J connectivity index is 1.91. The topological polar surface area (TPSA) is 77.4 Å². The Kier molecular flexibility index (Phi) is 6.03. The van der Waals surface area contributed by atoms with E-state index in [2.05, 4.69) is 5.32 Å². The van der Waals surface area contributed by atoms with Crippen LogP contribution in [-0.2, 0) is 9.53 Å². The van der Waals surface area contributed by atoms with Crippen LogP contribution >= 0.6 is 11.6 Å². The van der Waals surface area contributed by atoms with Gasteiger partial charge in [-0.3, -0.25) is 19.0 Å². The number of rotatable bonds is 6. The quantitative estimate of drug-likeness (QED) is 0.604. The zero-order valence-electron chi connectivity index (χ0n) is 14.4. The Morgan fingerprint density at radius 2 is 2.00 bits per heavy atom. The summed E-state index contributed by atoms with van der Waals surface area (Å²) >= 11 is 5.95. The number of carbonyl (C=O) groups is 2. The number of nitrogens with zero attached hydrogens (tertiary/aromatic N) is 1. The van der Waals surface area contributed by atoms with E-state index in [-0.39, 0.29) is 23.2 Å². The van der Waals surface area contributed by atoms with Gasteiger partial charge in [0.2, 0.25) is 0 Å². The molecule has 0 spiro atoms. The third-order valence-electron chi connectivity index (χ3n) is 4.33. The molecule has 142 valence electrons. The van der Waals surface area contributed by atoms with Crippen LogP contribution in [0.15, 0.2) is 47.4 Å². The second-order valence-corrected chi connectivity index (χ2v) is 6.68. The van der Waals surface area contributed by atoms with Crippen molar-refractivity contribution in [1.82, 2.24) is 9.88 Å². The van der Waals surface area contributed by atoms with Crippen molar-refractivity contribution in [3.8, 4) is 0 Å². The van der Waals surface area contributed by atoms with Gasteiger partial charge in [-0.1, -0.05) is 11.6 Å². The Bertz CT molecular complexity index is 891. The maximum Gasteiger partial charge on any atom is 0.251 e. The van der Waals surface area contributed by atoms with E-state index in [1.165, 1.54) is 30.5 Å². The number of Topliss-reactive ketones (excluding diaryl/α,β-unsaturated/α-hetero) is 1. The molecule has 1 aromatic heterocycles. The van der Waals surface area contributed by atoms with E-state index in [1.807, 2.05) is 0 Å². The number of amides is 1. The lowest BCUT2D eigenvalue weighted by atomic mass is 10.0. The Labute approximate surface area is 159 Å². The lowest BCUT2D eigenvalue weighted by molar-refractivity contribution is -0.123. The number of aromatic nitrogens is 1. The highest BCUT2D eigenvalue weighted by Crippen LogP contribution is 2.17. The molecule has 2 heterocycles. The lowest BCUT2D eigenvalue weighted by Gasteiger charge is -2.20. The number of nitrogens with one attached hydrogen (secondary N) is 1. The number of pyridine rings is 1. The molecular formula is C19H18ClFN2O4. The number of benzene rings is 1. The van der Waals surface area contributed by atoms with Crippen molar-refractivity contribution in [1.29, 1.82) is 0 Å². The summed E-state index contributed by atoms with van der Waals surface area (Å²) in [5.41, 5.74) is -0.437. The molecule has 1 saturated heterocycles. The maximum absolute atomic E-state index is 13.2. The average Bonchev–Trinajstić information content (AvgIpc) is 3.17. The van der Waals surface area contributed by atoms with Crippen molar-refractivity contribution in [2.24, 2.45) is 0 Å². The van der Waals surface area contributed by atoms with Gasteiger partial charge in [-0.15, -0.1) is 0 Å². The van der Waals surface area contributed by atoms with E-state index < -0.39 is 29.1 Å². The Morgan fingerprint density at radius 1 is 1.26 bits per heavy atom.